The van der Waals surface area contributed by atoms with Gasteiger partial charge in [0.1, 0.15) is 0 Å². The van der Waals surface area contributed by atoms with Crippen LogP contribution in [-0.4, -0.2) is 29.2 Å². The van der Waals surface area contributed by atoms with Crippen LogP contribution in [0.2, 0.25) is 0 Å². The van der Waals surface area contributed by atoms with Crippen molar-refractivity contribution in [2.45, 2.75) is 20.8 Å². The van der Waals surface area contributed by atoms with Gasteiger partial charge in [-0.3, -0.25) is 4.79 Å². The zero-order valence-corrected chi connectivity index (χ0v) is 10.3. The molecule has 16 heavy (non-hydrogen) atoms. The summed E-state index contributed by atoms with van der Waals surface area (Å²) in [4.78, 5) is 26.3. The van der Waals surface area contributed by atoms with Crippen LogP contribution in [0.15, 0.2) is 0 Å². The molecule has 1 aromatic heterocycles. The third-order valence-corrected chi connectivity index (χ3v) is 2.50. The van der Waals surface area contributed by atoms with Crippen LogP contribution < -0.4 is 0 Å². The van der Waals surface area contributed by atoms with Crippen molar-refractivity contribution in [3.05, 3.63) is 22.5 Å². The quantitative estimate of drug-likeness (QED) is 0.501. The summed E-state index contributed by atoms with van der Waals surface area (Å²) < 4.78 is 4.90. The second-order valence-corrected chi connectivity index (χ2v) is 3.67. The van der Waals surface area contributed by atoms with E-state index in [2.05, 4.69) is 4.98 Å². The Morgan fingerprint density at radius 3 is 2.31 bits per heavy atom. The smallest absolute Gasteiger partial charge is 0.340 e. The van der Waals surface area contributed by atoms with E-state index >= 15 is 0 Å². The zero-order chi connectivity index (χ0) is 12.3. The maximum Gasteiger partial charge on any atom is 0.340 e. The summed E-state index contributed by atoms with van der Waals surface area (Å²) in [5.41, 5.74) is 1.91. The van der Waals surface area contributed by atoms with Crippen molar-refractivity contribution in [3.63, 3.8) is 0 Å². The van der Waals surface area contributed by atoms with Crippen LogP contribution in [0.3, 0.4) is 0 Å². The third-order valence-electron chi connectivity index (χ3n) is 2.25. The summed E-state index contributed by atoms with van der Waals surface area (Å²) in [6.45, 7) is 5.45. The van der Waals surface area contributed by atoms with Gasteiger partial charge < -0.3 is 9.72 Å². The second kappa shape index (κ2) is 5.16. The summed E-state index contributed by atoms with van der Waals surface area (Å²) in [5.74, 6) is -0.908. The molecule has 0 aliphatic carbocycles. The van der Waals surface area contributed by atoms with Gasteiger partial charge in [-0.25, -0.2) is 4.79 Å². The number of aryl methyl sites for hydroxylation is 2. The van der Waals surface area contributed by atoms with Gasteiger partial charge in [0.05, 0.1) is 23.6 Å². The molecule has 0 radical (unpaired) electrons. The van der Waals surface area contributed by atoms with Gasteiger partial charge >= 0.3 is 5.97 Å². The number of ether oxygens (including phenoxy) is 1. The summed E-state index contributed by atoms with van der Waals surface area (Å²) in [5, 5.41) is 0. The molecule has 0 fully saturated rings. The van der Waals surface area contributed by atoms with Crippen LogP contribution in [0.5, 0.6) is 0 Å². The highest BCUT2D eigenvalue weighted by Gasteiger charge is 2.24. The van der Waals surface area contributed by atoms with Gasteiger partial charge in [-0.05, 0) is 20.8 Å². The van der Waals surface area contributed by atoms with Crippen LogP contribution in [0, 0.1) is 13.8 Å². The first-order valence-corrected chi connectivity index (χ1v) is 5.51. The van der Waals surface area contributed by atoms with Crippen molar-refractivity contribution in [2.75, 3.05) is 12.5 Å². The Bertz CT molecular complexity index is 423. The van der Waals surface area contributed by atoms with E-state index in [1.54, 1.807) is 20.8 Å². The number of aromatic amines is 1. The van der Waals surface area contributed by atoms with E-state index in [1.165, 1.54) is 0 Å². The van der Waals surface area contributed by atoms with Gasteiger partial charge in [0.2, 0.25) is 0 Å². The molecule has 0 bridgehead atoms. The Morgan fingerprint density at radius 1 is 1.25 bits per heavy atom. The number of H-pyrrole nitrogens is 1. The number of rotatable bonds is 4. The molecular weight excluding hydrogens is 230 g/mol. The minimum atomic E-state index is -0.488. The normalized spacial score (nSPS) is 10.2. The Labute approximate surface area is 98.9 Å². The van der Waals surface area contributed by atoms with Crippen LogP contribution >= 0.6 is 11.6 Å². The number of alkyl halides is 1. The Kier molecular flexibility index (Phi) is 4.12. The summed E-state index contributed by atoms with van der Waals surface area (Å²) in [6, 6.07) is 0. The maximum absolute atomic E-state index is 11.7. The average Bonchev–Trinajstić information content (AvgIpc) is 2.53. The van der Waals surface area contributed by atoms with Crippen molar-refractivity contribution in [1.29, 1.82) is 0 Å². The number of Topliss-reactive ketones (excluding diaryl/α,β-unsaturated/α-hetero) is 1. The number of carbonyl (C=O) groups is 2. The highest BCUT2D eigenvalue weighted by molar-refractivity contribution is 6.31. The van der Waals surface area contributed by atoms with Gasteiger partial charge in [0, 0.05) is 11.4 Å². The van der Waals surface area contributed by atoms with Gasteiger partial charge in [0.15, 0.2) is 5.78 Å². The van der Waals surface area contributed by atoms with Crippen molar-refractivity contribution in [2.24, 2.45) is 0 Å². The van der Waals surface area contributed by atoms with Gasteiger partial charge in [-0.2, -0.15) is 0 Å². The van der Waals surface area contributed by atoms with Crippen LogP contribution in [0.25, 0.3) is 0 Å². The fraction of sp³-hybridized carbons (Fsp3) is 0.455. The number of ketones is 1. The number of nitrogens with one attached hydrogen (secondary N) is 1. The molecule has 1 aromatic rings. The molecule has 0 spiro atoms. The molecular formula is C11H14ClNO3. The van der Waals surface area contributed by atoms with Crippen molar-refractivity contribution < 1.29 is 14.3 Å². The third kappa shape index (κ3) is 2.27. The summed E-state index contributed by atoms with van der Waals surface area (Å²) >= 11 is 5.51. The zero-order valence-electron chi connectivity index (χ0n) is 9.52. The van der Waals surface area contributed by atoms with E-state index in [1.807, 2.05) is 0 Å². The predicted molar refractivity (Wildman–Crippen MR) is 61.3 cm³/mol. The van der Waals surface area contributed by atoms with E-state index in [0.717, 1.165) is 0 Å². The minimum absolute atomic E-state index is 0.148. The highest BCUT2D eigenvalue weighted by atomic mass is 35.5. The fourth-order valence-corrected chi connectivity index (χ4v) is 1.79. The number of esters is 1. The molecule has 88 valence electrons. The number of aromatic nitrogens is 1. The largest absolute Gasteiger partial charge is 0.462 e. The SMILES string of the molecule is CCOC(=O)c1c(C)[nH]c(C)c1C(=O)CCl. The van der Waals surface area contributed by atoms with Gasteiger partial charge in [0.25, 0.3) is 0 Å². The molecule has 0 saturated heterocycles. The first kappa shape index (κ1) is 12.8. The first-order chi connectivity index (χ1) is 7.52. The average molecular weight is 244 g/mol. The molecule has 5 heteroatoms. The van der Waals surface area contributed by atoms with Crippen LogP contribution in [-0.2, 0) is 4.74 Å². The predicted octanol–water partition coefficient (Wildman–Crippen LogP) is 2.23. The number of hydrogen-bond donors (Lipinski definition) is 1. The molecule has 4 nitrogen and oxygen atoms in total. The minimum Gasteiger partial charge on any atom is -0.462 e. The molecule has 0 amide bonds. The van der Waals surface area contributed by atoms with E-state index in [0.29, 0.717) is 22.5 Å². The molecule has 0 unspecified atom stereocenters. The van der Waals surface area contributed by atoms with E-state index in [4.69, 9.17) is 16.3 Å². The summed E-state index contributed by atoms with van der Waals surface area (Å²) in [7, 11) is 0. The van der Waals surface area contributed by atoms with E-state index < -0.39 is 5.97 Å². The lowest BCUT2D eigenvalue weighted by molar-refractivity contribution is 0.0522. The van der Waals surface area contributed by atoms with Crippen molar-refractivity contribution in [1.82, 2.24) is 4.98 Å². The molecule has 1 N–H and O–H groups in total. The standard InChI is InChI=1S/C11H14ClNO3/c1-4-16-11(15)10-7(3)13-6(2)9(10)8(14)5-12/h13H,4-5H2,1-3H3. The fourth-order valence-electron chi connectivity index (χ4n) is 1.66. The molecule has 1 rings (SSSR count). The lowest BCUT2D eigenvalue weighted by atomic mass is 10.1. The number of halogens is 1. The van der Waals surface area contributed by atoms with Crippen LogP contribution in [0.1, 0.15) is 39.0 Å². The van der Waals surface area contributed by atoms with Crippen molar-refractivity contribution >= 4 is 23.4 Å². The van der Waals surface area contributed by atoms with Gasteiger partial charge in [-0.15, -0.1) is 11.6 Å². The second-order valence-electron chi connectivity index (χ2n) is 3.40. The summed E-state index contributed by atoms with van der Waals surface area (Å²) in [6.07, 6.45) is 0. The molecule has 0 aliphatic heterocycles. The number of carbonyl (C=O) groups excluding carboxylic acids is 2. The molecule has 0 aromatic carbocycles. The monoisotopic (exact) mass is 243 g/mol. The lowest BCUT2D eigenvalue weighted by Gasteiger charge is -2.03. The van der Waals surface area contributed by atoms with Crippen molar-refractivity contribution in [3.8, 4) is 0 Å². The van der Waals surface area contributed by atoms with Gasteiger partial charge in [-0.1, -0.05) is 0 Å². The first-order valence-electron chi connectivity index (χ1n) is 4.98. The molecule has 0 atom stereocenters. The molecule has 1 heterocycles. The topological polar surface area (TPSA) is 59.2 Å². The Balaban J connectivity index is 3.25. The molecule has 0 saturated carbocycles. The molecule has 0 aliphatic rings. The lowest BCUT2D eigenvalue weighted by Crippen LogP contribution is -2.12. The van der Waals surface area contributed by atoms with E-state index in [9.17, 15) is 9.59 Å². The highest BCUT2D eigenvalue weighted by Crippen LogP contribution is 2.20. The Morgan fingerprint density at radius 2 is 1.81 bits per heavy atom. The number of hydrogen-bond acceptors (Lipinski definition) is 3. The maximum atomic E-state index is 11.7. The van der Waals surface area contributed by atoms with Crippen LogP contribution in [0.4, 0.5) is 0 Å². The Hall–Kier alpha value is -1.29. The van der Waals surface area contributed by atoms with E-state index in [-0.39, 0.29) is 18.3 Å².